The van der Waals surface area contributed by atoms with Gasteiger partial charge in [0, 0.05) is 13.2 Å². The highest BCUT2D eigenvalue weighted by molar-refractivity contribution is 5.40. The summed E-state index contributed by atoms with van der Waals surface area (Å²) in [7, 11) is 3.26. The highest BCUT2D eigenvalue weighted by Gasteiger charge is 2.20. The zero-order valence-corrected chi connectivity index (χ0v) is 9.72. The number of methoxy groups -OCH3 is 1. The number of nitrogens with two attached hydrogens (primary N) is 1. The summed E-state index contributed by atoms with van der Waals surface area (Å²) in [6, 6.07) is 5.81. The number of hydrogen-bond acceptors (Lipinski definition) is 3. The molecule has 1 aromatic carbocycles. The predicted molar refractivity (Wildman–Crippen MR) is 62.2 cm³/mol. The summed E-state index contributed by atoms with van der Waals surface area (Å²) in [5.41, 5.74) is 7.13. The Morgan fingerprint density at radius 2 is 2.18 bits per heavy atom. The minimum absolute atomic E-state index is 0.346. The Hall–Kier alpha value is -1.88. The molecule has 0 aliphatic heterocycles. The smallest absolute Gasteiger partial charge is 0.132 e. The van der Waals surface area contributed by atoms with Crippen molar-refractivity contribution in [3.63, 3.8) is 0 Å². The maximum Gasteiger partial charge on any atom is 0.132 e. The lowest BCUT2D eigenvalue weighted by molar-refractivity contribution is 0.401. The quantitative estimate of drug-likeness (QED) is 0.879. The Morgan fingerprint density at radius 3 is 2.76 bits per heavy atom. The third-order valence-electron chi connectivity index (χ3n) is 2.72. The SMILES string of the molecule is COc1cccc(F)c1C(N)c1ccnn1C. The summed E-state index contributed by atoms with van der Waals surface area (Å²) in [5.74, 6) is 0.0664. The van der Waals surface area contributed by atoms with E-state index in [1.165, 1.54) is 13.2 Å². The lowest BCUT2D eigenvalue weighted by atomic mass is 10.0. The predicted octanol–water partition coefficient (Wildman–Crippen LogP) is 1.62. The van der Waals surface area contributed by atoms with E-state index in [4.69, 9.17) is 10.5 Å². The molecule has 5 heteroatoms. The molecule has 2 N–H and O–H groups in total. The van der Waals surface area contributed by atoms with Gasteiger partial charge in [-0.15, -0.1) is 0 Å². The Kier molecular flexibility index (Phi) is 3.10. The number of aromatic nitrogens is 2. The molecular weight excluding hydrogens is 221 g/mol. The molecule has 4 nitrogen and oxygen atoms in total. The lowest BCUT2D eigenvalue weighted by Crippen LogP contribution is -2.18. The third kappa shape index (κ3) is 2.01. The van der Waals surface area contributed by atoms with Crippen LogP contribution in [0.2, 0.25) is 0 Å². The number of halogens is 1. The minimum atomic E-state index is -0.598. The largest absolute Gasteiger partial charge is 0.496 e. The van der Waals surface area contributed by atoms with Crippen LogP contribution in [0.4, 0.5) is 4.39 Å². The van der Waals surface area contributed by atoms with Crippen LogP contribution < -0.4 is 10.5 Å². The van der Waals surface area contributed by atoms with E-state index in [0.717, 1.165) is 5.69 Å². The number of rotatable bonds is 3. The van der Waals surface area contributed by atoms with Crippen LogP contribution in [0.25, 0.3) is 0 Å². The summed E-state index contributed by atoms with van der Waals surface area (Å²) in [5, 5.41) is 4.02. The molecular formula is C12H14FN3O. The molecule has 0 amide bonds. The molecule has 1 unspecified atom stereocenters. The maximum atomic E-state index is 13.8. The molecule has 90 valence electrons. The minimum Gasteiger partial charge on any atom is -0.496 e. The molecule has 1 atom stereocenters. The van der Waals surface area contributed by atoms with Crippen LogP contribution in [-0.2, 0) is 7.05 Å². The van der Waals surface area contributed by atoms with Gasteiger partial charge in [0.15, 0.2) is 0 Å². The van der Waals surface area contributed by atoms with Gasteiger partial charge in [-0.05, 0) is 18.2 Å². The van der Waals surface area contributed by atoms with E-state index in [2.05, 4.69) is 5.10 Å². The van der Waals surface area contributed by atoms with Gasteiger partial charge in [0.1, 0.15) is 11.6 Å². The fourth-order valence-corrected chi connectivity index (χ4v) is 1.83. The molecule has 0 fully saturated rings. The molecule has 0 radical (unpaired) electrons. The summed E-state index contributed by atoms with van der Waals surface area (Å²) in [6.07, 6.45) is 1.63. The molecule has 0 saturated carbocycles. The van der Waals surface area contributed by atoms with Crippen molar-refractivity contribution in [1.29, 1.82) is 0 Å². The van der Waals surface area contributed by atoms with Crippen LogP contribution in [-0.4, -0.2) is 16.9 Å². The first-order chi connectivity index (χ1) is 8.15. The molecule has 17 heavy (non-hydrogen) atoms. The van der Waals surface area contributed by atoms with Crippen molar-refractivity contribution in [2.24, 2.45) is 12.8 Å². The third-order valence-corrected chi connectivity index (χ3v) is 2.72. The highest BCUT2D eigenvalue weighted by Crippen LogP contribution is 2.30. The average Bonchev–Trinajstić information content (AvgIpc) is 2.74. The van der Waals surface area contributed by atoms with Crippen LogP contribution >= 0.6 is 0 Å². The first-order valence-electron chi connectivity index (χ1n) is 5.21. The van der Waals surface area contributed by atoms with Crippen molar-refractivity contribution < 1.29 is 9.13 Å². The maximum absolute atomic E-state index is 13.8. The van der Waals surface area contributed by atoms with Gasteiger partial charge in [0.2, 0.25) is 0 Å². The standard InChI is InChI=1S/C12H14FN3O/c1-16-9(6-7-15-16)12(14)11-8(13)4-3-5-10(11)17-2/h3-7,12H,14H2,1-2H3. The van der Waals surface area contributed by atoms with Crippen molar-refractivity contribution in [3.8, 4) is 5.75 Å². The van der Waals surface area contributed by atoms with Crippen molar-refractivity contribution >= 4 is 0 Å². The molecule has 1 aromatic heterocycles. The van der Waals surface area contributed by atoms with Crippen LogP contribution in [0.5, 0.6) is 5.75 Å². The van der Waals surface area contributed by atoms with Crippen LogP contribution in [0.3, 0.4) is 0 Å². The molecule has 1 heterocycles. The van der Waals surface area contributed by atoms with Gasteiger partial charge < -0.3 is 10.5 Å². The van der Waals surface area contributed by atoms with E-state index in [0.29, 0.717) is 11.3 Å². The second-order valence-electron chi connectivity index (χ2n) is 3.71. The van der Waals surface area contributed by atoms with Gasteiger partial charge in [-0.1, -0.05) is 6.07 Å². The first kappa shape index (κ1) is 11.6. The second-order valence-corrected chi connectivity index (χ2v) is 3.71. The van der Waals surface area contributed by atoms with Crippen molar-refractivity contribution in [2.75, 3.05) is 7.11 Å². The van der Waals surface area contributed by atoms with E-state index in [1.54, 1.807) is 36.1 Å². The second kappa shape index (κ2) is 4.55. The monoisotopic (exact) mass is 235 g/mol. The van der Waals surface area contributed by atoms with Crippen molar-refractivity contribution in [3.05, 3.63) is 47.5 Å². The zero-order chi connectivity index (χ0) is 12.4. The van der Waals surface area contributed by atoms with E-state index in [1.807, 2.05) is 0 Å². The summed E-state index contributed by atoms with van der Waals surface area (Å²) >= 11 is 0. The molecule has 2 aromatic rings. The fourth-order valence-electron chi connectivity index (χ4n) is 1.83. The van der Waals surface area contributed by atoms with Gasteiger partial charge in [-0.25, -0.2) is 4.39 Å². The topological polar surface area (TPSA) is 53.1 Å². The number of nitrogens with zero attached hydrogens (tertiary/aromatic N) is 2. The van der Waals surface area contributed by atoms with Crippen LogP contribution in [0.1, 0.15) is 17.3 Å². The summed E-state index contributed by atoms with van der Waals surface area (Å²) in [4.78, 5) is 0. The van der Waals surface area contributed by atoms with Gasteiger partial charge in [0.05, 0.1) is 24.4 Å². The lowest BCUT2D eigenvalue weighted by Gasteiger charge is -2.16. The highest BCUT2D eigenvalue weighted by atomic mass is 19.1. The molecule has 0 saturated heterocycles. The zero-order valence-electron chi connectivity index (χ0n) is 9.72. The van der Waals surface area contributed by atoms with Crippen LogP contribution in [0, 0.1) is 5.82 Å². The normalized spacial score (nSPS) is 12.5. The van der Waals surface area contributed by atoms with Crippen molar-refractivity contribution in [1.82, 2.24) is 9.78 Å². The Morgan fingerprint density at radius 1 is 1.41 bits per heavy atom. The Bertz CT molecular complexity index is 524. The van der Waals surface area contributed by atoms with Crippen LogP contribution in [0.15, 0.2) is 30.5 Å². The summed E-state index contributed by atoms with van der Waals surface area (Å²) < 4.78 is 20.6. The number of aryl methyl sites for hydroxylation is 1. The number of ether oxygens (including phenoxy) is 1. The molecule has 0 bridgehead atoms. The van der Waals surface area contributed by atoms with E-state index >= 15 is 0 Å². The first-order valence-corrected chi connectivity index (χ1v) is 5.21. The summed E-state index contributed by atoms with van der Waals surface area (Å²) in [6.45, 7) is 0. The average molecular weight is 235 g/mol. The number of benzene rings is 1. The Balaban J connectivity index is 2.50. The number of hydrogen-bond donors (Lipinski definition) is 1. The Labute approximate surface area is 98.8 Å². The molecule has 0 spiro atoms. The van der Waals surface area contributed by atoms with E-state index < -0.39 is 6.04 Å². The van der Waals surface area contributed by atoms with E-state index in [9.17, 15) is 4.39 Å². The van der Waals surface area contributed by atoms with Gasteiger partial charge in [-0.3, -0.25) is 4.68 Å². The van der Waals surface area contributed by atoms with Gasteiger partial charge in [0.25, 0.3) is 0 Å². The molecule has 2 rings (SSSR count). The van der Waals surface area contributed by atoms with Gasteiger partial charge in [-0.2, -0.15) is 5.10 Å². The van der Waals surface area contributed by atoms with Crippen molar-refractivity contribution in [2.45, 2.75) is 6.04 Å². The van der Waals surface area contributed by atoms with Gasteiger partial charge >= 0.3 is 0 Å². The fraction of sp³-hybridized carbons (Fsp3) is 0.250. The molecule has 0 aliphatic rings. The van der Waals surface area contributed by atoms with E-state index in [-0.39, 0.29) is 5.82 Å². The molecule has 0 aliphatic carbocycles.